The number of benzene rings is 3. The summed E-state index contributed by atoms with van der Waals surface area (Å²) < 4.78 is 42.7. The van der Waals surface area contributed by atoms with Crippen molar-refractivity contribution in [2.24, 2.45) is 4.99 Å². The van der Waals surface area contributed by atoms with Gasteiger partial charge in [0, 0.05) is 30.1 Å². The average Bonchev–Trinajstić information content (AvgIpc) is 3.50. The Labute approximate surface area is 264 Å². The highest BCUT2D eigenvalue weighted by molar-refractivity contribution is 8.14. The maximum atomic E-state index is 12.7. The first-order valence-electron chi connectivity index (χ1n) is 14.8. The molecule has 1 atom stereocenters. The van der Waals surface area contributed by atoms with Crippen molar-refractivity contribution >= 4 is 28.6 Å². The molecule has 5 rings (SSSR count). The Bertz CT molecular complexity index is 1620. The minimum atomic E-state index is -4.74. The van der Waals surface area contributed by atoms with Crippen LogP contribution in [0.3, 0.4) is 0 Å². The van der Waals surface area contributed by atoms with Gasteiger partial charge in [0.05, 0.1) is 5.69 Å². The fraction of sp³-hybridized carbons (Fsp3) is 0.333. The lowest BCUT2D eigenvalue weighted by atomic mass is 9.95. The van der Waals surface area contributed by atoms with Crippen molar-refractivity contribution in [2.45, 2.75) is 52.3 Å². The summed E-state index contributed by atoms with van der Waals surface area (Å²) in [6, 6.07) is 19.3. The Morgan fingerprint density at radius 1 is 1.07 bits per heavy atom. The van der Waals surface area contributed by atoms with Crippen LogP contribution in [0.5, 0.6) is 5.75 Å². The van der Waals surface area contributed by atoms with Crippen LogP contribution in [0.2, 0.25) is 0 Å². The first-order chi connectivity index (χ1) is 21.6. The Hall–Kier alpha value is -4.32. The van der Waals surface area contributed by atoms with E-state index in [1.54, 1.807) is 11.8 Å². The third-order valence-electron chi connectivity index (χ3n) is 7.55. The van der Waals surface area contributed by atoms with Crippen molar-refractivity contribution in [3.05, 3.63) is 89.7 Å². The summed E-state index contributed by atoms with van der Waals surface area (Å²) in [5.41, 5.74) is 6.02. The molecule has 4 aromatic rings. The summed E-state index contributed by atoms with van der Waals surface area (Å²) in [6.07, 6.45) is -0.486. The Morgan fingerprint density at radius 2 is 1.78 bits per heavy atom. The van der Waals surface area contributed by atoms with Gasteiger partial charge in [-0.15, -0.1) is 18.3 Å². The lowest BCUT2D eigenvalue weighted by Gasteiger charge is -2.31. The van der Waals surface area contributed by atoms with Crippen LogP contribution in [0, 0.1) is 13.8 Å². The molecule has 3 aromatic carbocycles. The maximum Gasteiger partial charge on any atom is 0.573 e. The molecule has 236 valence electrons. The maximum absolute atomic E-state index is 12.7. The second kappa shape index (κ2) is 14.2. The normalized spacial score (nSPS) is 15.2. The van der Waals surface area contributed by atoms with Crippen LogP contribution in [0.4, 0.5) is 23.7 Å². The molecule has 1 fully saturated rings. The van der Waals surface area contributed by atoms with Crippen LogP contribution < -0.4 is 15.0 Å². The van der Waals surface area contributed by atoms with Crippen molar-refractivity contribution in [3.63, 3.8) is 0 Å². The molecule has 8 nitrogen and oxygen atoms in total. The lowest BCUT2D eigenvalue weighted by molar-refractivity contribution is -0.274. The highest BCUT2D eigenvalue weighted by Gasteiger charge is 2.31. The fourth-order valence-corrected chi connectivity index (χ4v) is 6.21. The highest BCUT2D eigenvalue weighted by Crippen LogP contribution is 2.31. The number of amidine groups is 1. The summed E-state index contributed by atoms with van der Waals surface area (Å²) in [4.78, 5) is 23.6. The highest BCUT2D eigenvalue weighted by atomic mass is 32.2. The molecule has 0 spiro atoms. The van der Waals surface area contributed by atoms with Crippen LogP contribution in [0.25, 0.3) is 17.1 Å². The number of anilines is 1. The molecule has 0 saturated carbocycles. The number of rotatable bonds is 9. The number of halogens is 3. The molecule has 0 aliphatic carbocycles. The Kier molecular flexibility index (Phi) is 10.1. The summed E-state index contributed by atoms with van der Waals surface area (Å²) in [7, 11) is 0. The number of nitrogens with zero attached hydrogens (tertiary/aromatic N) is 5. The van der Waals surface area contributed by atoms with Crippen molar-refractivity contribution in [1.29, 1.82) is 0 Å². The van der Waals surface area contributed by atoms with Crippen LogP contribution in [0.1, 0.15) is 48.8 Å². The minimum absolute atomic E-state index is 0.277. The number of aliphatic imine (C=N–C) groups is 1. The standard InChI is InChI=1S/C33H35F3N6O2S/c1-22(9-5-18-37-31(43)39-32-41(19-6-20-45-32)29-23(2)7-4-8-24(29)3)25-10-12-26(13-11-25)30-38-21-42(40-30)27-14-16-28(17-15-27)44-33(34,35)36/h4,7-8,10-17,21-22H,5-6,9,18-20H2,1-3H3,(H,37,43)/b39-32-. The van der Waals surface area contributed by atoms with Gasteiger partial charge in [-0.2, -0.15) is 4.99 Å². The first kappa shape index (κ1) is 32.1. The van der Waals surface area contributed by atoms with Crippen molar-refractivity contribution in [1.82, 2.24) is 20.1 Å². The van der Waals surface area contributed by atoms with E-state index in [0.717, 1.165) is 53.5 Å². The number of aromatic nitrogens is 3. The summed E-state index contributed by atoms with van der Waals surface area (Å²) in [5.74, 6) is 1.42. The van der Waals surface area contributed by atoms with E-state index in [1.807, 2.05) is 30.3 Å². The van der Waals surface area contributed by atoms with E-state index in [-0.39, 0.29) is 17.7 Å². The number of para-hydroxylation sites is 1. The molecule has 1 N–H and O–H groups in total. The average molecular weight is 637 g/mol. The molecule has 1 saturated heterocycles. The number of hydrogen-bond acceptors (Lipinski definition) is 5. The van der Waals surface area contributed by atoms with Gasteiger partial charge in [-0.25, -0.2) is 14.5 Å². The van der Waals surface area contributed by atoms with E-state index in [9.17, 15) is 18.0 Å². The number of thioether (sulfide) groups is 1. The van der Waals surface area contributed by atoms with Gasteiger partial charge in [-0.1, -0.05) is 61.2 Å². The predicted octanol–water partition coefficient (Wildman–Crippen LogP) is 8.04. The lowest BCUT2D eigenvalue weighted by Crippen LogP contribution is -2.36. The second-order valence-corrected chi connectivity index (χ2v) is 12.0. The van der Waals surface area contributed by atoms with Gasteiger partial charge >= 0.3 is 12.4 Å². The quantitative estimate of drug-likeness (QED) is 0.187. The van der Waals surface area contributed by atoms with Crippen molar-refractivity contribution < 1.29 is 22.7 Å². The number of amides is 2. The molecule has 1 aliphatic heterocycles. The van der Waals surface area contributed by atoms with E-state index < -0.39 is 6.36 Å². The molecular weight excluding hydrogens is 601 g/mol. The SMILES string of the molecule is Cc1cccc(C)c1N1CCCS/C1=N\C(=O)NCCCC(C)c1ccc(-c2ncn(-c3ccc(OC(F)(F)F)cc3)n2)cc1. The number of carbonyl (C=O) groups excluding carboxylic acids is 1. The van der Waals surface area contributed by atoms with Gasteiger partial charge in [0.15, 0.2) is 11.0 Å². The molecule has 0 radical (unpaired) electrons. The van der Waals surface area contributed by atoms with Gasteiger partial charge in [0.2, 0.25) is 0 Å². The van der Waals surface area contributed by atoms with Gasteiger partial charge in [-0.05, 0) is 80.0 Å². The monoisotopic (exact) mass is 636 g/mol. The number of alkyl halides is 3. The number of hydrogen-bond donors (Lipinski definition) is 1. The zero-order valence-electron chi connectivity index (χ0n) is 25.3. The number of nitrogens with one attached hydrogen (secondary N) is 1. The van der Waals surface area contributed by atoms with E-state index in [0.29, 0.717) is 18.1 Å². The van der Waals surface area contributed by atoms with E-state index in [4.69, 9.17) is 0 Å². The summed E-state index contributed by atoms with van der Waals surface area (Å²) in [5, 5.41) is 8.17. The van der Waals surface area contributed by atoms with Crippen LogP contribution >= 0.6 is 11.8 Å². The van der Waals surface area contributed by atoms with Crippen LogP contribution in [0.15, 0.2) is 78.0 Å². The third-order valence-corrected chi connectivity index (χ3v) is 8.61. The van der Waals surface area contributed by atoms with Crippen LogP contribution in [-0.4, -0.2) is 51.2 Å². The molecular formula is C33H35F3N6O2S. The fourth-order valence-electron chi connectivity index (χ4n) is 5.27. The van der Waals surface area contributed by atoms with Gasteiger partial charge in [0.25, 0.3) is 0 Å². The molecule has 1 aliphatic rings. The molecule has 1 unspecified atom stereocenters. The van der Waals surface area contributed by atoms with E-state index in [2.05, 4.69) is 62.9 Å². The number of urea groups is 1. The minimum Gasteiger partial charge on any atom is -0.406 e. The number of ether oxygens (including phenoxy) is 1. The van der Waals surface area contributed by atoms with Crippen LogP contribution in [-0.2, 0) is 0 Å². The topological polar surface area (TPSA) is 84.6 Å². The van der Waals surface area contributed by atoms with Crippen molar-refractivity contribution in [3.8, 4) is 22.8 Å². The summed E-state index contributed by atoms with van der Waals surface area (Å²) in [6.45, 7) is 7.71. The third kappa shape index (κ3) is 8.44. The molecule has 0 bridgehead atoms. The molecule has 1 aromatic heterocycles. The van der Waals surface area contributed by atoms with Gasteiger partial charge < -0.3 is 15.0 Å². The zero-order chi connectivity index (χ0) is 32.0. The number of carbonyl (C=O) groups is 1. The molecule has 45 heavy (non-hydrogen) atoms. The van der Waals surface area contributed by atoms with Crippen molar-refractivity contribution in [2.75, 3.05) is 23.7 Å². The molecule has 2 heterocycles. The first-order valence-corrected chi connectivity index (χ1v) is 15.8. The second-order valence-electron chi connectivity index (χ2n) is 10.9. The summed E-state index contributed by atoms with van der Waals surface area (Å²) >= 11 is 1.62. The Morgan fingerprint density at radius 3 is 2.47 bits per heavy atom. The smallest absolute Gasteiger partial charge is 0.406 e. The molecule has 12 heteroatoms. The molecule has 2 amide bonds. The largest absolute Gasteiger partial charge is 0.573 e. The zero-order valence-corrected chi connectivity index (χ0v) is 26.2. The van der Waals surface area contributed by atoms with Gasteiger partial charge in [-0.3, -0.25) is 0 Å². The number of aryl methyl sites for hydroxylation is 2. The van der Waals surface area contributed by atoms with E-state index in [1.165, 1.54) is 46.4 Å². The van der Waals surface area contributed by atoms with E-state index >= 15 is 0 Å². The predicted molar refractivity (Wildman–Crippen MR) is 172 cm³/mol. The van der Waals surface area contributed by atoms with Gasteiger partial charge in [0.1, 0.15) is 12.1 Å². The Balaban J connectivity index is 1.11.